The van der Waals surface area contributed by atoms with Crippen molar-refractivity contribution in [2.24, 2.45) is 17.3 Å². The summed E-state index contributed by atoms with van der Waals surface area (Å²) in [6.07, 6.45) is 18.6. The highest BCUT2D eigenvalue weighted by molar-refractivity contribution is 5.82. The number of aryl methyl sites for hydroxylation is 1. The van der Waals surface area contributed by atoms with Gasteiger partial charge in [-0.3, -0.25) is 4.79 Å². The van der Waals surface area contributed by atoms with Crippen LogP contribution in [0.2, 0.25) is 0 Å². The zero-order valence-corrected chi connectivity index (χ0v) is 15.8. The Morgan fingerprint density at radius 1 is 1.27 bits per heavy atom. The molecule has 2 heterocycles. The van der Waals surface area contributed by atoms with Gasteiger partial charge in [0.15, 0.2) is 0 Å². The first-order valence-electron chi connectivity index (χ1n) is 10.4. The first kappa shape index (κ1) is 17.8. The lowest BCUT2D eigenvalue weighted by Crippen LogP contribution is -2.39. The average molecular weight is 357 g/mol. The van der Waals surface area contributed by atoms with Crippen LogP contribution in [0.25, 0.3) is 0 Å². The lowest BCUT2D eigenvalue weighted by Gasteiger charge is -2.35. The Morgan fingerprint density at radius 2 is 2.15 bits per heavy atom. The van der Waals surface area contributed by atoms with Crippen LogP contribution in [0, 0.1) is 17.3 Å². The number of nitrogens with one attached hydrogen (secondary N) is 1. The van der Waals surface area contributed by atoms with Crippen LogP contribution in [0.3, 0.4) is 0 Å². The fourth-order valence-electron chi connectivity index (χ4n) is 4.85. The highest BCUT2D eigenvalue weighted by Gasteiger charge is 2.58. The first-order valence-corrected chi connectivity index (χ1v) is 10.4. The van der Waals surface area contributed by atoms with Gasteiger partial charge in [0.25, 0.3) is 0 Å². The molecule has 26 heavy (non-hydrogen) atoms. The van der Waals surface area contributed by atoms with Crippen molar-refractivity contribution in [3.63, 3.8) is 0 Å². The largest absolute Gasteiger partial charge is 0.356 e. The van der Waals surface area contributed by atoms with Gasteiger partial charge in [-0.05, 0) is 69.4 Å². The smallest absolute Gasteiger partial charge is 0.223 e. The molecule has 1 saturated carbocycles. The van der Waals surface area contributed by atoms with E-state index in [2.05, 4.69) is 31.9 Å². The predicted octanol–water partition coefficient (Wildman–Crippen LogP) is 2.85. The molecule has 1 N–H and O–H groups in total. The number of amides is 1. The summed E-state index contributed by atoms with van der Waals surface area (Å²) in [6, 6.07) is 0. The fraction of sp³-hybridized carbons (Fsp3) is 0.714. The molecule has 1 aromatic heterocycles. The van der Waals surface area contributed by atoms with Crippen LogP contribution in [0.1, 0.15) is 44.9 Å². The fourth-order valence-corrected chi connectivity index (χ4v) is 4.85. The lowest BCUT2D eigenvalue weighted by atomic mass is 9.88. The van der Waals surface area contributed by atoms with Crippen LogP contribution in [0.15, 0.2) is 30.9 Å². The highest BCUT2D eigenvalue weighted by atomic mass is 16.2. The maximum Gasteiger partial charge on any atom is 0.223 e. The number of hydrogen-bond acceptors (Lipinski definition) is 3. The van der Waals surface area contributed by atoms with Gasteiger partial charge in [-0.1, -0.05) is 12.2 Å². The third-order valence-electron chi connectivity index (χ3n) is 6.70. The van der Waals surface area contributed by atoms with E-state index in [1.807, 2.05) is 12.5 Å². The number of piperidine rings is 1. The maximum absolute atomic E-state index is 12.5. The number of carbonyl (C=O) groups excluding carboxylic acids is 1. The van der Waals surface area contributed by atoms with Gasteiger partial charge in [-0.25, -0.2) is 4.98 Å². The van der Waals surface area contributed by atoms with Gasteiger partial charge >= 0.3 is 0 Å². The summed E-state index contributed by atoms with van der Waals surface area (Å²) in [5, 5.41) is 3.16. The Balaban J connectivity index is 1.14. The quantitative estimate of drug-likeness (QED) is 0.604. The molecule has 1 amide bonds. The minimum Gasteiger partial charge on any atom is -0.356 e. The maximum atomic E-state index is 12.5. The number of aromatic nitrogens is 2. The number of imidazole rings is 1. The molecule has 5 heteroatoms. The number of nitrogens with zero attached hydrogens (tertiary/aromatic N) is 3. The average Bonchev–Trinajstić information content (AvgIpc) is 3.11. The van der Waals surface area contributed by atoms with Crippen LogP contribution in [0.5, 0.6) is 0 Å². The SMILES string of the molecule is O=C(NCCCn1ccnc1)C1CC12CCN(CC1CC=CCC1)CC2. The van der Waals surface area contributed by atoms with Crippen molar-refractivity contribution in [2.45, 2.75) is 51.5 Å². The van der Waals surface area contributed by atoms with E-state index in [4.69, 9.17) is 0 Å². The number of hydrogen-bond donors (Lipinski definition) is 1. The second-order valence-electron chi connectivity index (χ2n) is 8.52. The second kappa shape index (κ2) is 7.95. The van der Waals surface area contributed by atoms with Gasteiger partial charge in [0, 0.05) is 37.9 Å². The van der Waals surface area contributed by atoms with E-state index >= 15 is 0 Å². The van der Waals surface area contributed by atoms with E-state index < -0.39 is 0 Å². The Hall–Kier alpha value is -1.62. The highest BCUT2D eigenvalue weighted by Crippen LogP contribution is 2.59. The molecule has 0 bridgehead atoms. The number of likely N-dealkylation sites (tertiary alicyclic amines) is 1. The van der Waals surface area contributed by atoms with E-state index in [-0.39, 0.29) is 5.92 Å². The van der Waals surface area contributed by atoms with Crippen molar-refractivity contribution in [3.8, 4) is 0 Å². The Kier molecular flexibility index (Phi) is 5.44. The normalized spacial score (nSPS) is 27.5. The van der Waals surface area contributed by atoms with Gasteiger partial charge in [-0.2, -0.15) is 0 Å². The van der Waals surface area contributed by atoms with Crippen LogP contribution >= 0.6 is 0 Å². The van der Waals surface area contributed by atoms with Crippen molar-refractivity contribution in [1.82, 2.24) is 19.8 Å². The van der Waals surface area contributed by atoms with Crippen molar-refractivity contribution in [3.05, 3.63) is 30.9 Å². The van der Waals surface area contributed by atoms with Crippen LogP contribution in [0.4, 0.5) is 0 Å². The van der Waals surface area contributed by atoms with Gasteiger partial charge in [0.1, 0.15) is 0 Å². The molecule has 5 nitrogen and oxygen atoms in total. The molecule has 2 fully saturated rings. The van der Waals surface area contributed by atoms with Crippen molar-refractivity contribution >= 4 is 5.91 Å². The van der Waals surface area contributed by atoms with E-state index in [0.29, 0.717) is 11.3 Å². The number of rotatable bonds is 7. The first-order chi connectivity index (χ1) is 12.8. The summed E-state index contributed by atoms with van der Waals surface area (Å²) in [5.41, 5.74) is 0.331. The molecule has 2 atom stereocenters. The molecular weight excluding hydrogens is 324 g/mol. The Labute approximate surface area is 156 Å². The Morgan fingerprint density at radius 3 is 2.88 bits per heavy atom. The van der Waals surface area contributed by atoms with Crippen LogP contribution < -0.4 is 5.32 Å². The van der Waals surface area contributed by atoms with E-state index in [1.54, 1.807) is 6.20 Å². The molecule has 2 unspecified atom stereocenters. The topological polar surface area (TPSA) is 50.2 Å². The molecule has 1 aromatic rings. The summed E-state index contributed by atoms with van der Waals surface area (Å²) in [7, 11) is 0. The van der Waals surface area contributed by atoms with E-state index in [1.165, 1.54) is 51.7 Å². The van der Waals surface area contributed by atoms with Crippen LogP contribution in [-0.2, 0) is 11.3 Å². The minimum absolute atomic E-state index is 0.274. The van der Waals surface area contributed by atoms with Crippen molar-refractivity contribution < 1.29 is 4.79 Å². The zero-order chi connectivity index (χ0) is 17.8. The summed E-state index contributed by atoms with van der Waals surface area (Å²) in [5.74, 6) is 1.42. The number of carbonyl (C=O) groups is 1. The Bertz CT molecular complexity index is 616. The molecule has 1 spiro atoms. The van der Waals surface area contributed by atoms with E-state index in [0.717, 1.165) is 31.8 Å². The predicted molar refractivity (Wildman–Crippen MR) is 103 cm³/mol. The molecule has 3 aliphatic rings. The van der Waals surface area contributed by atoms with Crippen LogP contribution in [-0.4, -0.2) is 46.5 Å². The van der Waals surface area contributed by atoms with Crippen molar-refractivity contribution in [2.75, 3.05) is 26.2 Å². The molecule has 1 saturated heterocycles. The zero-order valence-electron chi connectivity index (χ0n) is 15.8. The summed E-state index contributed by atoms with van der Waals surface area (Å²) >= 11 is 0. The third-order valence-corrected chi connectivity index (χ3v) is 6.70. The molecule has 0 radical (unpaired) electrons. The molecule has 1 aliphatic heterocycles. The molecular formula is C21H32N4O. The number of allylic oxidation sites excluding steroid dienone is 2. The monoisotopic (exact) mass is 356 g/mol. The van der Waals surface area contributed by atoms with Gasteiger partial charge in [-0.15, -0.1) is 0 Å². The van der Waals surface area contributed by atoms with Gasteiger partial charge in [0.2, 0.25) is 5.91 Å². The molecule has 0 aromatic carbocycles. The van der Waals surface area contributed by atoms with Crippen molar-refractivity contribution in [1.29, 1.82) is 0 Å². The molecule has 2 aliphatic carbocycles. The van der Waals surface area contributed by atoms with Gasteiger partial charge in [0.05, 0.1) is 6.33 Å². The summed E-state index contributed by atoms with van der Waals surface area (Å²) in [6.45, 7) is 5.31. The molecule has 4 rings (SSSR count). The minimum atomic E-state index is 0.274. The standard InChI is InChI=1S/C21H32N4O/c26-20(23-9-4-11-25-14-10-22-17-25)19-15-21(19)7-12-24(13-8-21)16-18-5-2-1-3-6-18/h1-2,10,14,17-19H,3-9,11-13,15-16H2,(H,23,26). The lowest BCUT2D eigenvalue weighted by molar-refractivity contribution is -0.123. The third kappa shape index (κ3) is 4.20. The molecule has 142 valence electrons. The summed E-state index contributed by atoms with van der Waals surface area (Å²) < 4.78 is 2.06. The second-order valence-corrected chi connectivity index (χ2v) is 8.52. The van der Waals surface area contributed by atoms with E-state index in [9.17, 15) is 4.79 Å². The van der Waals surface area contributed by atoms with Gasteiger partial charge < -0.3 is 14.8 Å². The summed E-state index contributed by atoms with van der Waals surface area (Å²) in [4.78, 5) is 19.2.